The van der Waals surface area contributed by atoms with Crippen LogP contribution in [0.15, 0.2) is 30.2 Å². The van der Waals surface area contributed by atoms with Gasteiger partial charge < -0.3 is 30.8 Å². The predicted octanol–water partition coefficient (Wildman–Crippen LogP) is 1.19. The van der Waals surface area contributed by atoms with E-state index >= 15 is 0 Å². The fraction of sp³-hybridized carbons (Fsp3) is 0.435. The average molecular weight is 452 g/mol. The first-order valence-corrected chi connectivity index (χ1v) is 11.1. The topological polar surface area (TPSA) is 136 Å². The smallest absolute Gasteiger partial charge is 0.244 e. The number of aliphatic hydroxyl groups is 1. The second-order valence-electron chi connectivity index (χ2n) is 8.19. The van der Waals surface area contributed by atoms with Gasteiger partial charge in [0.2, 0.25) is 5.91 Å². The number of aromatic nitrogens is 3. The van der Waals surface area contributed by atoms with Crippen LogP contribution in [0, 0.1) is 5.41 Å². The van der Waals surface area contributed by atoms with Gasteiger partial charge in [0, 0.05) is 49.0 Å². The Hall–Kier alpha value is -3.53. The minimum atomic E-state index is -0.228. The first-order chi connectivity index (χ1) is 16.1. The SMILES string of the molecule is CN(CC(=O)N/C(C=N)=C/NC1CC1)c1nc(-c2cc(OCCO)ccn2)nc2c1CCC2. The van der Waals surface area contributed by atoms with Crippen molar-refractivity contribution in [2.24, 2.45) is 0 Å². The molecule has 0 unspecified atom stereocenters. The van der Waals surface area contributed by atoms with Crippen LogP contribution in [-0.4, -0.2) is 65.0 Å². The molecule has 1 saturated carbocycles. The van der Waals surface area contributed by atoms with E-state index in [1.807, 2.05) is 11.9 Å². The monoisotopic (exact) mass is 451 g/mol. The third-order valence-corrected chi connectivity index (χ3v) is 5.47. The summed E-state index contributed by atoms with van der Waals surface area (Å²) in [6.45, 7) is 0.208. The number of allylic oxidation sites excluding steroid dienone is 1. The third kappa shape index (κ3) is 5.83. The Morgan fingerprint density at radius 2 is 2.21 bits per heavy atom. The highest BCUT2D eigenvalue weighted by Crippen LogP contribution is 2.31. The van der Waals surface area contributed by atoms with E-state index in [-0.39, 0.29) is 25.7 Å². The Morgan fingerprint density at radius 1 is 1.36 bits per heavy atom. The maximum atomic E-state index is 12.6. The molecular formula is C23H29N7O3. The molecule has 1 fully saturated rings. The highest BCUT2D eigenvalue weighted by atomic mass is 16.5. The fourth-order valence-electron chi connectivity index (χ4n) is 3.69. The summed E-state index contributed by atoms with van der Waals surface area (Å²) in [7, 11) is 1.83. The lowest BCUT2D eigenvalue weighted by Gasteiger charge is -2.21. The predicted molar refractivity (Wildman–Crippen MR) is 124 cm³/mol. The molecule has 10 heteroatoms. The molecular weight excluding hydrogens is 422 g/mol. The number of aryl methyl sites for hydroxylation is 1. The molecule has 174 valence electrons. The quantitative estimate of drug-likeness (QED) is 0.374. The molecule has 4 rings (SSSR count). The normalized spacial score (nSPS) is 15.0. The maximum absolute atomic E-state index is 12.6. The number of nitrogens with one attached hydrogen (secondary N) is 3. The second kappa shape index (κ2) is 10.4. The molecule has 2 aliphatic carbocycles. The van der Waals surface area contributed by atoms with Crippen LogP contribution in [0.25, 0.3) is 11.5 Å². The van der Waals surface area contributed by atoms with E-state index in [1.54, 1.807) is 24.5 Å². The number of carbonyl (C=O) groups is 1. The molecule has 0 saturated heterocycles. The Kier molecular flexibility index (Phi) is 7.13. The molecule has 0 aliphatic heterocycles. The molecule has 10 nitrogen and oxygen atoms in total. The zero-order valence-corrected chi connectivity index (χ0v) is 18.7. The van der Waals surface area contributed by atoms with Gasteiger partial charge in [-0.2, -0.15) is 0 Å². The number of rotatable bonds is 11. The van der Waals surface area contributed by atoms with Crippen molar-refractivity contribution < 1.29 is 14.6 Å². The van der Waals surface area contributed by atoms with Gasteiger partial charge in [-0.25, -0.2) is 9.97 Å². The van der Waals surface area contributed by atoms with Crippen molar-refractivity contribution in [3.05, 3.63) is 41.5 Å². The van der Waals surface area contributed by atoms with E-state index in [4.69, 9.17) is 25.2 Å². The van der Waals surface area contributed by atoms with Gasteiger partial charge in [0.1, 0.15) is 23.9 Å². The molecule has 2 heterocycles. The van der Waals surface area contributed by atoms with Crippen molar-refractivity contribution in [2.75, 3.05) is 31.7 Å². The Morgan fingerprint density at radius 3 is 2.97 bits per heavy atom. The number of fused-ring (bicyclic) bond motifs is 1. The molecule has 4 N–H and O–H groups in total. The summed E-state index contributed by atoms with van der Waals surface area (Å²) in [5.74, 6) is 1.54. The Balaban J connectivity index is 1.52. The zero-order chi connectivity index (χ0) is 23.2. The number of pyridine rings is 1. The van der Waals surface area contributed by atoms with E-state index in [9.17, 15) is 4.79 Å². The van der Waals surface area contributed by atoms with Crippen LogP contribution in [0.5, 0.6) is 5.75 Å². The van der Waals surface area contributed by atoms with E-state index in [2.05, 4.69) is 15.6 Å². The van der Waals surface area contributed by atoms with Crippen LogP contribution < -0.4 is 20.3 Å². The van der Waals surface area contributed by atoms with Crippen molar-refractivity contribution in [3.63, 3.8) is 0 Å². The summed E-state index contributed by atoms with van der Waals surface area (Å²) in [4.78, 5) is 28.3. The number of aliphatic hydroxyl groups excluding tert-OH is 1. The molecule has 0 aromatic carbocycles. The van der Waals surface area contributed by atoms with Crippen LogP contribution in [0.2, 0.25) is 0 Å². The van der Waals surface area contributed by atoms with Crippen LogP contribution in [0.1, 0.15) is 30.5 Å². The number of nitrogens with zero attached hydrogens (tertiary/aromatic N) is 4. The molecule has 33 heavy (non-hydrogen) atoms. The highest BCUT2D eigenvalue weighted by molar-refractivity contribution is 5.89. The number of anilines is 1. The van der Waals surface area contributed by atoms with E-state index in [0.717, 1.165) is 49.6 Å². The zero-order valence-electron chi connectivity index (χ0n) is 18.7. The van der Waals surface area contributed by atoms with Crippen molar-refractivity contribution in [1.82, 2.24) is 25.6 Å². The standard InChI is InChI=1S/C23H29N7O3/c1-30(14-21(32)27-16(12-24)13-26-15-5-6-15)23-18-3-2-4-19(18)28-22(29-23)20-11-17(7-8-25-20)33-10-9-31/h7-8,11-13,15,24,26,31H,2-6,9-10,14H2,1H3,(H,27,32)/b16-13+,24-12?. The number of carbonyl (C=O) groups excluding carboxylic acids is 1. The maximum Gasteiger partial charge on any atom is 0.244 e. The number of amides is 1. The second-order valence-corrected chi connectivity index (χ2v) is 8.19. The molecule has 0 bridgehead atoms. The van der Waals surface area contributed by atoms with Gasteiger partial charge in [-0.3, -0.25) is 9.78 Å². The molecule has 2 aromatic rings. The number of hydrogen-bond acceptors (Lipinski definition) is 9. The third-order valence-electron chi connectivity index (χ3n) is 5.47. The lowest BCUT2D eigenvalue weighted by molar-refractivity contribution is -0.118. The van der Waals surface area contributed by atoms with Crippen molar-refractivity contribution >= 4 is 17.9 Å². The summed E-state index contributed by atoms with van der Waals surface area (Å²) < 4.78 is 5.49. The summed E-state index contributed by atoms with van der Waals surface area (Å²) in [5.41, 5.74) is 3.02. The molecule has 0 radical (unpaired) electrons. The molecule has 0 spiro atoms. The van der Waals surface area contributed by atoms with Crippen molar-refractivity contribution in [2.45, 2.75) is 38.1 Å². The fourth-order valence-corrected chi connectivity index (χ4v) is 3.69. The van der Waals surface area contributed by atoms with Gasteiger partial charge in [-0.1, -0.05) is 0 Å². The van der Waals surface area contributed by atoms with E-state index < -0.39 is 0 Å². The summed E-state index contributed by atoms with van der Waals surface area (Å²) >= 11 is 0. The Labute approximate surface area is 192 Å². The summed E-state index contributed by atoms with van der Waals surface area (Å²) in [5, 5.41) is 22.5. The Bertz CT molecular complexity index is 1050. The minimum Gasteiger partial charge on any atom is -0.491 e. The van der Waals surface area contributed by atoms with Crippen molar-refractivity contribution in [1.29, 1.82) is 5.41 Å². The van der Waals surface area contributed by atoms with Gasteiger partial charge >= 0.3 is 0 Å². The summed E-state index contributed by atoms with van der Waals surface area (Å²) in [6.07, 6.45) is 9.37. The highest BCUT2D eigenvalue weighted by Gasteiger charge is 2.24. The van der Waals surface area contributed by atoms with E-state index in [0.29, 0.717) is 34.8 Å². The van der Waals surface area contributed by atoms with Crippen LogP contribution >= 0.6 is 0 Å². The number of hydrogen-bond donors (Lipinski definition) is 4. The van der Waals surface area contributed by atoms with Crippen molar-refractivity contribution in [3.8, 4) is 17.3 Å². The molecule has 2 aromatic heterocycles. The molecule has 2 aliphatic rings. The molecule has 1 amide bonds. The van der Waals surface area contributed by atoms with Crippen LogP contribution in [0.3, 0.4) is 0 Å². The first-order valence-electron chi connectivity index (χ1n) is 11.1. The number of ether oxygens (including phenoxy) is 1. The first kappa shape index (κ1) is 22.7. The van der Waals surface area contributed by atoms with Gasteiger partial charge in [0.15, 0.2) is 5.82 Å². The minimum absolute atomic E-state index is 0.0739. The largest absolute Gasteiger partial charge is 0.491 e. The lowest BCUT2D eigenvalue weighted by Crippen LogP contribution is -2.36. The van der Waals surface area contributed by atoms with Gasteiger partial charge in [-0.05, 0) is 38.2 Å². The average Bonchev–Trinajstić information content (AvgIpc) is 3.54. The van der Waals surface area contributed by atoms with E-state index in [1.165, 1.54) is 0 Å². The molecule has 0 atom stereocenters. The van der Waals surface area contributed by atoms with Crippen LogP contribution in [-0.2, 0) is 17.6 Å². The van der Waals surface area contributed by atoms with Crippen LogP contribution in [0.4, 0.5) is 5.82 Å². The summed E-state index contributed by atoms with van der Waals surface area (Å²) in [6, 6.07) is 3.91. The lowest BCUT2D eigenvalue weighted by atomic mass is 10.2. The van der Waals surface area contributed by atoms with Gasteiger partial charge in [-0.15, -0.1) is 0 Å². The van der Waals surface area contributed by atoms with Gasteiger partial charge in [0.25, 0.3) is 0 Å². The van der Waals surface area contributed by atoms with Gasteiger partial charge in [0.05, 0.1) is 18.8 Å². The number of likely N-dealkylation sites (N-methyl/N-ethyl adjacent to an activating group) is 1.